The molecule has 2 fully saturated rings. The normalized spacial score (nSPS) is 23.2. The minimum atomic E-state index is -0.524. The van der Waals surface area contributed by atoms with Crippen molar-refractivity contribution in [1.82, 2.24) is 10.2 Å². The summed E-state index contributed by atoms with van der Waals surface area (Å²) in [6, 6.07) is 6.65. The smallest absolute Gasteiger partial charge is 0.247 e. The largest absolute Gasteiger partial charge is 0.352 e. The summed E-state index contributed by atoms with van der Waals surface area (Å²) < 4.78 is 0. The lowest BCUT2D eigenvalue weighted by molar-refractivity contribution is -0.146. The summed E-state index contributed by atoms with van der Waals surface area (Å²) in [5.41, 5.74) is 0.822. The molecule has 3 rings (SSSR count). The fourth-order valence-corrected chi connectivity index (χ4v) is 3.41. The highest BCUT2D eigenvalue weighted by atomic mass is 35.5. The maximum atomic E-state index is 12.7. The SMILES string of the molecule is O=C1NCCN(C(=O)C2CCCC2)C1c1ccc(Cl)cc1. The maximum Gasteiger partial charge on any atom is 0.247 e. The van der Waals surface area contributed by atoms with E-state index in [0.717, 1.165) is 31.2 Å². The van der Waals surface area contributed by atoms with E-state index < -0.39 is 6.04 Å². The van der Waals surface area contributed by atoms with E-state index in [1.807, 2.05) is 12.1 Å². The molecule has 0 bridgehead atoms. The lowest BCUT2D eigenvalue weighted by atomic mass is 9.99. The molecule has 1 aliphatic heterocycles. The minimum absolute atomic E-state index is 0.0886. The van der Waals surface area contributed by atoms with Gasteiger partial charge in [0.25, 0.3) is 0 Å². The number of hydrogen-bond acceptors (Lipinski definition) is 2. The van der Waals surface area contributed by atoms with Gasteiger partial charge < -0.3 is 10.2 Å². The van der Waals surface area contributed by atoms with Crippen molar-refractivity contribution >= 4 is 23.4 Å². The Bertz CT molecular complexity index is 538. The van der Waals surface area contributed by atoms with Gasteiger partial charge in [-0.15, -0.1) is 0 Å². The van der Waals surface area contributed by atoms with Crippen LogP contribution in [0.25, 0.3) is 0 Å². The quantitative estimate of drug-likeness (QED) is 0.913. The van der Waals surface area contributed by atoms with Gasteiger partial charge in [0.1, 0.15) is 6.04 Å². The van der Waals surface area contributed by atoms with Crippen LogP contribution in [0, 0.1) is 5.92 Å². The summed E-state index contributed by atoms with van der Waals surface area (Å²) in [6.45, 7) is 1.11. The van der Waals surface area contributed by atoms with Crippen LogP contribution in [-0.2, 0) is 9.59 Å². The lowest BCUT2D eigenvalue weighted by Gasteiger charge is -2.36. The lowest BCUT2D eigenvalue weighted by Crippen LogP contribution is -2.53. The standard InChI is InChI=1S/C16H19ClN2O2/c17-13-7-5-11(6-8-13)14-15(20)18-9-10-19(14)16(21)12-3-1-2-4-12/h5-8,12,14H,1-4,9-10H2,(H,18,20). The zero-order chi connectivity index (χ0) is 14.8. The van der Waals surface area contributed by atoms with E-state index in [1.165, 1.54) is 0 Å². The zero-order valence-corrected chi connectivity index (χ0v) is 12.6. The van der Waals surface area contributed by atoms with Gasteiger partial charge in [0.15, 0.2) is 0 Å². The third-order valence-corrected chi connectivity index (χ3v) is 4.64. The fourth-order valence-electron chi connectivity index (χ4n) is 3.29. The first-order valence-electron chi connectivity index (χ1n) is 7.50. The molecule has 4 nitrogen and oxygen atoms in total. The van der Waals surface area contributed by atoms with Gasteiger partial charge in [0.2, 0.25) is 11.8 Å². The molecule has 0 radical (unpaired) electrons. The van der Waals surface area contributed by atoms with Crippen LogP contribution >= 0.6 is 11.6 Å². The van der Waals surface area contributed by atoms with Crippen molar-refractivity contribution in [3.63, 3.8) is 0 Å². The summed E-state index contributed by atoms with van der Waals surface area (Å²) in [4.78, 5) is 26.7. The number of rotatable bonds is 2. The first-order chi connectivity index (χ1) is 10.2. The number of amides is 2. The van der Waals surface area contributed by atoms with Crippen LogP contribution < -0.4 is 5.32 Å². The summed E-state index contributed by atoms with van der Waals surface area (Å²) in [5, 5.41) is 3.48. The number of benzene rings is 1. The van der Waals surface area contributed by atoms with E-state index >= 15 is 0 Å². The number of hydrogen-bond donors (Lipinski definition) is 1. The van der Waals surface area contributed by atoms with Crippen LogP contribution in [0.5, 0.6) is 0 Å². The fraction of sp³-hybridized carbons (Fsp3) is 0.500. The second kappa shape index (κ2) is 6.06. The molecule has 112 valence electrons. The molecule has 0 spiro atoms. The van der Waals surface area contributed by atoms with Crippen LogP contribution in [0.2, 0.25) is 5.02 Å². The number of nitrogens with one attached hydrogen (secondary N) is 1. The third kappa shape index (κ3) is 2.91. The molecular formula is C16H19ClN2O2. The summed E-state index contributed by atoms with van der Waals surface area (Å²) in [5.74, 6) is 0.114. The molecule has 1 atom stereocenters. The molecule has 0 aromatic heterocycles. The molecule has 1 saturated carbocycles. The Hall–Kier alpha value is -1.55. The second-order valence-corrected chi connectivity index (χ2v) is 6.19. The van der Waals surface area contributed by atoms with Crippen LogP contribution in [-0.4, -0.2) is 29.8 Å². The Morgan fingerprint density at radius 3 is 2.52 bits per heavy atom. The van der Waals surface area contributed by atoms with E-state index in [-0.39, 0.29) is 17.7 Å². The summed E-state index contributed by atoms with van der Waals surface area (Å²) >= 11 is 5.91. The monoisotopic (exact) mass is 306 g/mol. The number of carbonyl (C=O) groups excluding carboxylic acids is 2. The first-order valence-corrected chi connectivity index (χ1v) is 7.88. The highest BCUT2D eigenvalue weighted by molar-refractivity contribution is 6.30. The van der Waals surface area contributed by atoms with Crippen molar-refractivity contribution in [3.05, 3.63) is 34.9 Å². The predicted molar refractivity (Wildman–Crippen MR) is 80.9 cm³/mol. The molecule has 1 heterocycles. The number of carbonyl (C=O) groups is 2. The van der Waals surface area contributed by atoms with E-state index in [9.17, 15) is 9.59 Å². The molecule has 1 N–H and O–H groups in total. The van der Waals surface area contributed by atoms with Crippen molar-refractivity contribution < 1.29 is 9.59 Å². The highest BCUT2D eigenvalue weighted by Crippen LogP contribution is 2.31. The summed E-state index contributed by atoms with van der Waals surface area (Å²) in [7, 11) is 0. The molecule has 1 aromatic carbocycles. The van der Waals surface area contributed by atoms with Crippen molar-refractivity contribution in [2.45, 2.75) is 31.7 Å². The molecule has 1 aliphatic carbocycles. The summed E-state index contributed by atoms with van der Waals surface area (Å²) in [6.07, 6.45) is 4.12. The Balaban J connectivity index is 1.87. The van der Waals surface area contributed by atoms with E-state index in [2.05, 4.69) is 5.32 Å². The van der Waals surface area contributed by atoms with Gasteiger partial charge in [-0.2, -0.15) is 0 Å². The van der Waals surface area contributed by atoms with Crippen LogP contribution in [0.3, 0.4) is 0 Å². The first kappa shape index (κ1) is 14.4. The Morgan fingerprint density at radius 1 is 1.19 bits per heavy atom. The molecule has 1 unspecified atom stereocenters. The average molecular weight is 307 g/mol. The van der Waals surface area contributed by atoms with Crippen molar-refractivity contribution in [2.24, 2.45) is 5.92 Å². The second-order valence-electron chi connectivity index (χ2n) is 5.76. The van der Waals surface area contributed by atoms with E-state index in [1.54, 1.807) is 17.0 Å². The Labute approximate surface area is 129 Å². The Kier molecular flexibility index (Phi) is 4.15. The molecule has 21 heavy (non-hydrogen) atoms. The van der Waals surface area contributed by atoms with Gasteiger partial charge in [-0.25, -0.2) is 0 Å². The number of nitrogens with zero attached hydrogens (tertiary/aromatic N) is 1. The maximum absolute atomic E-state index is 12.7. The average Bonchev–Trinajstić information content (AvgIpc) is 3.02. The predicted octanol–water partition coefficient (Wildman–Crippen LogP) is 2.53. The third-order valence-electron chi connectivity index (χ3n) is 4.39. The van der Waals surface area contributed by atoms with Gasteiger partial charge in [0.05, 0.1) is 0 Å². The van der Waals surface area contributed by atoms with E-state index in [0.29, 0.717) is 18.1 Å². The van der Waals surface area contributed by atoms with Gasteiger partial charge in [-0.05, 0) is 30.5 Å². The number of halogens is 1. The molecular weight excluding hydrogens is 288 g/mol. The van der Waals surface area contributed by atoms with Gasteiger partial charge in [-0.1, -0.05) is 36.6 Å². The number of piperazine rings is 1. The zero-order valence-electron chi connectivity index (χ0n) is 11.8. The van der Waals surface area contributed by atoms with Crippen molar-refractivity contribution in [2.75, 3.05) is 13.1 Å². The molecule has 5 heteroatoms. The molecule has 2 aliphatic rings. The van der Waals surface area contributed by atoms with Gasteiger partial charge in [-0.3, -0.25) is 9.59 Å². The van der Waals surface area contributed by atoms with Crippen LogP contribution in [0.15, 0.2) is 24.3 Å². The van der Waals surface area contributed by atoms with E-state index in [4.69, 9.17) is 11.6 Å². The van der Waals surface area contributed by atoms with Crippen LogP contribution in [0.4, 0.5) is 0 Å². The molecule has 2 amide bonds. The molecule has 1 saturated heterocycles. The van der Waals surface area contributed by atoms with Crippen molar-refractivity contribution in [3.8, 4) is 0 Å². The van der Waals surface area contributed by atoms with Crippen molar-refractivity contribution in [1.29, 1.82) is 0 Å². The van der Waals surface area contributed by atoms with Gasteiger partial charge >= 0.3 is 0 Å². The highest BCUT2D eigenvalue weighted by Gasteiger charge is 2.37. The molecule has 1 aromatic rings. The minimum Gasteiger partial charge on any atom is -0.352 e. The topological polar surface area (TPSA) is 49.4 Å². The van der Waals surface area contributed by atoms with Gasteiger partial charge in [0, 0.05) is 24.0 Å². The van der Waals surface area contributed by atoms with Crippen LogP contribution in [0.1, 0.15) is 37.3 Å². The Morgan fingerprint density at radius 2 is 1.86 bits per heavy atom.